The Kier molecular flexibility index (Phi) is 4.08. The highest BCUT2D eigenvalue weighted by Crippen LogP contribution is 2.20. The molecular weight excluding hydrogens is 298 g/mol. The van der Waals surface area contributed by atoms with E-state index in [9.17, 15) is 0 Å². The van der Waals surface area contributed by atoms with Crippen molar-refractivity contribution in [2.45, 2.75) is 19.5 Å². The Hall–Kier alpha value is -1.27. The van der Waals surface area contributed by atoms with Crippen LogP contribution in [-0.2, 0) is 13.6 Å². The largest absolute Gasteiger partial charge is 0.481 e. The van der Waals surface area contributed by atoms with E-state index in [0.717, 1.165) is 22.0 Å². The van der Waals surface area contributed by atoms with E-state index in [1.807, 2.05) is 32.2 Å². The number of nitrogens with zero attached hydrogens (tertiary/aromatic N) is 2. The smallest absolute Gasteiger partial charge is 0.211 e. The molecule has 0 aliphatic rings. The fourth-order valence-electron chi connectivity index (χ4n) is 1.70. The topological polar surface area (TPSA) is 52.2 Å². The van der Waals surface area contributed by atoms with Gasteiger partial charge in [0.1, 0.15) is 5.76 Å². The van der Waals surface area contributed by atoms with Gasteiger partial charge < -0.3 is 14.5 Å². The maximum atomic E-state index is 5.49. The zero-order valence-electron chi connectivity index (χ0n) is 10.6. The molecule has 0 aliphatic carbocycles. The molecule has 1 N–H and O–H groups in total. The van der Waals surface area contributed by atoms with Crippen LogP contribution in [0.2, 0.25) is 0 Å². The molecule has 0 radical (unpaired) electrons. The zero-order chi connectivity index (χ0) is 13.1. The molecule has 2 rings (SSSR count). The summed E-state index contributed by atoms with van der Waals surface area (Å²) in [5.74, 6) is 1.64. The van der Waals surface area contributed by atoms with Crippen molar-refractivity contribution in [2.75, 3.05) is 7.11 Å². The van der Waals surface area contributed by atoms with Gasteiger partial charge in [-0.25, -0.2) is 4.68 Å². The molecule has 0 saturated carbocycles. The summed E-state index contributed by atoms with van der Waals surface area (Å²) in [5.41, 5.74) is 0.937. The lowest BCUT2D eigenvalue weighted by Gasteiger charge is -2.09. The minimum Gasteiger partial charge on any atom is -0.481 e. The second kappa shape index (κ2) is 5.58. The van der Waals surface area contributed by atoms with E-state index in [-0.39, 0.29) is 6.04 Å². The van der Waals surface area contributed by atoms with Gasteiger partial charge in [0.15, 0.2) is 4.67 Å². The summed E-state index contributed by atoms with van der Waals surface area (Å²) in [7, 11) is 3.49. The third-order valence-electron chi connectivity index (χ3n) is 2.71. The number of hydrogen-bond donors (Lipinski definition) is 1. The van der Waals surface area contributed by atoms with Crippen molar-refractivity contribution in [1.29, 1.82) is 0 Å². The summed E-state index contributed by atoms with van der Waals surface area (Å²) in [4.78, 5) is 0. The number of ether oxygens (including phenoxy) is 1. The Morgan fingerprint density at radius 1 is 1.56 bits per heavy atom. The van der Waals surface area contributed by atoms with Gasteiger partial charge >= 0.3 is 0 Å². The van der Waals surface area contributed by atoms with Gasteiger partial charge in [0, 0.05) is 19.7 Å². The molecule has 1 atom stereocenters. The van der Waals surface area contributed by atoms with Gasteiger partial charge in [0.05, 0.1) is 18.8 Å². The Balaban J connectivity index is 1.94. The molecule has 0 bridgehead atoms. The molecule has 98 valence electrons. The lowest BCUT2D eigenvalue weighted by molar-refractivity contribution is 0.373. The number of methoxy groups -OCH3 is 1. The molecule has 0 fully saturated rings. The van der Waals surface area contributed by atoms with Crippen LogP contribution in [0.5, 0.6) is 5.88 Å². The average molecular weight is 314 g/mol. The van der Waals surface area contributed by atoms with E-state index >= 15 is 0 Å². The van der Waals surface area contributed by atoms with Crippen LogP contribution in [0.15, 0.2) is 27.3 Å². The Bertz CT molecular complexity index is 521. The van der Waals surface area contributed by atoms with Gasteiger partial charge in [-0.3, -0.25) is 0 Å². The maximum Gasteiger partial charge on any atom is 0.211 e. The van der Waals surface area contributed by atoms with E-state index in [2.05, 4.69) is 26.3 Å². The second-order valence-electron chi connectivity index (χ2n) is 4.05. The van der Waals surface area contributed by atoms with Crippen molar-refractivity contribution in [3.8, 4) is 5.88 Å². The van der Waals surface area contributed by atoms with E-state index < -0.39 is 0 Å². The van der Waals surface area contributed by atoms with Crippen LogP contribution in [0.25, 0.3) is 0 Å². The SMILES string of the molecule is COc1cc(CNC(C)c2ccc(Br)o2)nn1C. The van der Waals surface area contributed by atoms with Gasteiger partial charge in [-0.2, -0.15) is 5.10 Å². The minimum absolute atomic E-state index is 0.129. The molecule has 0 spiro atoms. The second-order valence-corrected chi connectivity index (χ2v) is 4.83. The van der Waals surface area contributed by atoms with Gasteiger partial charge in [-0.1, -0.05) is 0 Å². The third kappa shape index (κ3) is 2.94. The van der Waals surface area contributed by atoms with E-state index in [1.54, 1.807) is 11.8 Å². The lowest BCUT2D eigenvalue weighted by atomic mass is 10.2. The first-order valence-corrected chi connectivity index (χ1v) is 6.45. The Labute approximate surface area is 114 Å². The van der Waals surface area contributed by atoms with Crippen molar-refractivity contribution in [1.82, 2.24) is 15.1 Å². The monoisotopic (exact) mass is 313 g/mol. The van der Waals surface area contributed by atoms with Crippen molar-refractivity contribution < 1.29 is 9.15 Å². The molecule has 6 heteroatoms. The highest BCUT2D eigenvalue weighted by Gasteiger charge is 2.11. The summed E-state index contributed by atoms with van der Waals surface area (Å²) < 4.78 is 13.1. The van der Waals surface area contributed by atoms with Crippen LogP contribution in [0, 0.1) is 0 Å². The fraction of sp³-hybridized carbons (Fsp3) is 0.417. The lowest BCUT2D eigenvalue weighted by Crippen LogP contribution is -2.18. The molecule has 2 aromatic heterocycles. The molecule has 0 aromatic carbocycles. The van der Waals surface area contributed by atoms with Crippen LogP contribution in [0.1, 0.15) is 24.4 Å². The number of aryl methyl sites for hydroxylation is 1. The summed E-state index contributed by atoms with van der Waals surface area (Å²) in [6, 6.07) is 5.87. The highest BCUT2D eigenvalue weighted by atomic mass is 79.9. The van der Waals surface area contributed by atoms with Gasteiger partial charge in [-0.05, 0) is 35.0 Å². The van der Waals surface area contributed by atoms with Crippen molar-refractivity contribution in [2.24, 2.45) is 7.05 Å². The number of nitrogens with one attached hydrogen (secondary N) is 1. The Morgan fingerprint density at radius 2 is 2.33 bits per heavy atom. The van der Waals surface area contributed by atoms with Crippen molar-refractivity contribution in [3.63, 3.8) is 0 Å². The molecule has 0 amide bonds. The molecule has 2 heterocycles. The minimum atomic E-state index is 0.129. The molecule has 2 aromatic rings. The number of aromatic nitrogens is 2. The number of furan rings is 1. The standard InChI is InChI=1S/C12H16BrN3O2/c1-8(10-4-5-11(13)18-10)14-7-9-6-12(17-3)16(2)15-9/h4-6,8,14H,7H2,1-3H3. The predicted octanol–water partition coefficient (Wildman–Crippen LogP) is 2.64. The number of rotatable bonds is 5. The summed E-state index contributed by atoms with van der Waals surface area (Å²) in [6.07, 6.45) is 0. The first-order valence-electron chi connectivity index (χ1n) is 5.65. The summed E-state index contributed by atoms with van der Waals surface area (Å²) >= 11 is 3.29. The van der Waals surface area contributed by atoms with E-state index in [0.29, 0.717) is 6.54 Å². The molecule has 1 unspecified atom stereocenters. The maximum absolute atomic E-state index is 5.49. The van der Waals surface area contributed by atoms with Crippen molar-refractivity contribution in [3.05, 3.63) is 34.3 Å². The van der Waals surface area contributed by atoms with Crippen molar-refractivity contribution >= 4 is 15.9 Å². The highest BCUT2D eigenvalue weighted by molar-refractivity contribution is 9.10. The first-order chi connectivity index (χ1) is 8.60. The van der Waals surface area contributed by atoms with Gasteiger partial charge in [-0.15, -0.1) is 0 Å². The molecule has 18 heavy (non-hydrogen) atoms. The predicted molar refractivity (Wildman–Crippen MR) is 71.4 cm³/mol. The quantitative estimate of drug-likeness (QED) is 0.922. The van der Waals surface area contributed by atoms with Crippen LogP contribution in [0.3, 0.4) is 0 Å². The van der Waals surface area contributed by atoms with Crippen LogP contribution in [-0.4, -0.2) is 16.9 Å². The summed E-state index contributed by atoms with van der Waals surface area (Å²) in [6.45, 7) is 2.71. The number of hydrogen-bond acceptors (Lipinski definition) is 4. The molecule has 0 aliphatic heterocycles. The van der Waals surface area contributed by atoms with Crippen LogP contribution < -0.4 is 10.1 Å². The van der Waals surface area contributed by atoms with E-state index in [4.69, 9.17) is 9.15 Å². The summed E-state index contributed by atoms with van der Waals surface area (Å²) in [5, 5.41) is 7.69. The van der Waals surface area contributed by atoms with Crippen LogP contribution in [0.4, 0.5) is 0 Å². The Morgan fingerprint density at radius 3 is 2.89 bits per heavy atom. The van der Waals surface area contributed by atoms with Crippen LogP contribution >= 0.6 is 15.9 Å². The van der Waals surface area contributed by atoms with Gasteiger partial charge in [0.25, 0.3) is 0 Å². The zero-order valence-corrected chi connectivity index (χ0v) is 12.2. The third-order valence-corrected chi connectivity index (χ3v) is 3.13. The molecule has 5 nitrogen and oxygen atoms in total. The van der Waals surface area contributed by atoms with E-state index in [1.165, 1.54) is 0 Å². The average Bonchev–Trinajstić information content (AvgIpc) is 2.92. The number of halogens is 1. The fourth-order valence-corrected chi connectivity index (χ4v) is 2.02. The van der Waals surface area contributed by atoms with Gasteiger partial charge in [0.2, 0.25) is 5.88 Å². The first kappa shape index (κ1) is 13.2. The normalized spacial score (nSPS) is 12.7. The molecular formula is C12H16BrN3O2. The molecule has 0 saturated heterocycles.